The van der Waals surface area contributed by atoms with Crippen LogP contribution in [0, 0.1) is 0 Å². The van der Waals surface area contributed by atoms with Gasteiger partial charge in [-0.05, 0) is 18.6 Å². The molecular formula is C15H12ClN3O4. The minimum Gasteiger partial charge on any atom is -0.322 e. The standard InChI is InChI=1S/C15H12ClN3O4/c1-3-10-11(16)12(18(2)17-10)15(22)23-19-13(20)8-6-4-5-7-9(8)14(19)21/h4-7H,3H2,1-2H3. The molecular weight excluding hydrogens is 322 g/mol. The van der Waals surface area contributed by atoms with Crippen molar-refractivity contribution >= 4 is 29.4 Å². The molecule has 0 saturated carbocycles. The molecule has 23 heavy (non-hydrogen) atoms. The van der Waals surface area contributed by atoms with Gasteiger partial charge in [0, 0.05) is 7.05 Å². The normalized spacial score (nSPS) is 13.4. The summed E-state index contributed by atoms with van der Waals surface area (Å²) in [7, 11) is 1.53. The first-order valence-electron chi connectivity index (χ1n) is 6.87. The van der Waals surface area contributed by atoms with Crippen LogP contribution >= 0.6 is 11.6 Å². The Morgan fingerprint density at radius 3 is 2.26 bits per heavy atom. The summed E-state index contributed by atoms with van der Waals surface area (Å²) in [6, 6.07) is 6.24. The highest BCUT2D eigenvalue weighted by molar-refractivity contribution is 6.34. The van der Waals surface area contributed by atoms with Crippen molar-refractivity contribution in [2.45, 2.75) is 13.3 Å². The zero-order valence-corrected chi connectivity index (χ0v) is 13.1. The van der Waals surface area contributed by atoms with Crippen molar-refractivity contribution < 1.29 is 19.2 Å². The molecule has 1 aliphatic heterocycles. The Hall–Kier alpha value is -2.67. The number of aryl methyl sites for hydroxylation is 2. The Labute approximate surface area is 136 Å². The molecule has 0 saturated heterocycles. The van der Waals surface area contributed by atoms with Crippen molar-refractivity contribution in [2.75, 3.05) is 0 Å². The second-order valence-corrected chi connectivity index (χ2v) is 5.29. The van der Waals surface area contributed by atoms with Gasteiger partial charge in [0.25, 0.3) is 11.8 Å². The van der Waals surface area contributed by atoms with E-state index in [0.717, 1.165) is 0 Å². The van der Waals surface area contributed by atoms with E-state index in [0.29, 0.717) is 17.2 Å². The average molecular weight is 334 g/mol. The quantitative estimate of drug-likeness (QED) is 0.802. The molecule has 0 bridgehead atoms. The molecule has 2 heterocycles. The Morgan fingerprint density at radius 2 is 1.78 bits per heavy atom. The van der Waals surface area contributed by atoms with Crippen molar-refractivity contribution in [3.63, 3.8) is 0 Å². The van der Waals surface area contributed by atoms with Crippen LogP contribution in [0.4, 0.5) is 0 Å². The van der Waals surface area contributed by atoms with Crippen LogP contribution in [0.3, 0.4) is 0 Å². The third-order valence-electron chi connectivity index (χ3n) is 3.51. The number of rotatable bonds is 3. The van der Waals surface area contributed by atoms with Crippen LogP contribution in [0.15, 0.2) is 24.3 Å². The number of benzene rings is 1. The van der Waals surface area contributed by atoms with Crippen molar-refractivity contribution in [1.29, 1.82) is 0 Å². The summed E-state index contributed by atoms with van der Waals surface area (Å²) in [5.74, 6) is -2.29. The van der Waals surface area contributed by atoms with E-state index < -0.39 is 17.8 Å². The lowest BCUT2D eigenvalue weighted by Crippen LogP contribution is -2.33. The Kier molecular flexibility index (Phi) is 3.65. The van der Waals surface area contributed by atoms with Crippen molar-refractivity contribution in [1.82, 2.24) is 14.8 Å². The fourth-order valence-electron chi connectivity index (χ4n) is 2.38. The second-order valence-electron chi connectivity index (χ2n) is 4.92. The van der Waals surface area contributed by atoms with Crippen LogP contribution < -0.4 is 0 Å². The Morgan fingerprint density at radius 1 is 1.22 bits per heavy atom. The topological polar surface area (TPSA) is 81.5 Å². The Balaban J connectivity index is 1.89. The molecule has 8 heteroatoms. The van der Waals surface area contributed by atoms with Crippen molar-refractivity contribution in [3.05, 3.63) is 51.8 Å². The number of imide groups is 1. The number of carbonyl (C=O) groups excluding carboxylic acids is 3. The van der Waals surface area contributed by atoms with Gasteiger partial charge in [-0.15, -0.1) is 0 Å². The first-order chi connectivity index (χ1) is 11.0. The van der Waals surface area contributed by atoms with Gasteiger partial charge in [0.1, 0.15) is 0 Å². The van der Waals surface area contributed by atoms with E-state index in [9.17, 15) is 14.4 Å². The van der Waals surface area contributed by atoms with Gasteiger partial charge >= 0.3 is 5.97 Å². The number of hydroxylamine groups is 2. The second kappa shape index (κ2) is 5.51. The van der Waals surface area contributed by atoms with Crippen LogP contribution in [0.2, 0.25) is 5.02 Å². The third-order valence-corrected chi connectivity index (χ3v) is 3.91. The molecule has 0 N–H and O–H groups in total. The van der Waals surface area contributed by atoms with Crippen LogP contribution in [0.5, 0.6) is 0 Å². The molecule has 0 spiro atoms. The van der Waals surface area contributed by atoms with E-state index in [1.807, 2.05) is 6.92 Å². The minimum atomic E-state index is -0.917. The van der Waals surface area contributed by atoms with Gasteiger partial charge in [0.2, 0.25) is 0 Å². The SMILES string of the molecule is CCc1nn(C)c(C(=O)ON2C(=O)c3ccccc3C2=O)c1Cl. The van der Waals surface area contributed by atoms with E-state index in [1.54, 1.807) is 12.1 Å². The fourth-order valence-corrected chi connectivity index (χ4v) is 2.75. The molecule has 0 atom stereocenters. The number of hydrogen-bond donors (Lipinski definition) is 0. The minimum absolute atomic E-state index is 0.0138. The zero-order valence-electron chi connectivity index (χ0n) is 12.4. The molecule has 2 amide bonds. The zero-order chi connectivity index (χ0) is 16.7. The highest BCUT2D eigenvalue weighted by Crippen LogP contribution is 2.26. The van der Waals surface area contributed by atoms with Crippen LogP contribution in [-0.2, 0) is 18.3 Å². The maximum atomic E-state index is 12.3. The van der Waals surface area contributed by atoms with Crippen molar-refractivity contribution in [3.8, 4) is 0 Å². The van der Waals surface area contributed by atoms with E-state index >= 15 is 0 Å². The van der Waals surface area contributed by atoms with Gasteiger partial charge in [0.15, 0.2) is 5.69 Å². The molecule has 7 nitrogen and oxygen atoms in total. The van der Waals surface area contributed by atoms with Crippen LogP contribution in [0.25, 0.3) is 0 Å². The van der Waals surface area contributed by atoms with Crippen LogP contribution in [0.1, 0.15) is 43.8 Å². The smallest absolute Gasteiger partial charge is 0.322 e. The summed E-state index contributed by atoms with van der Waals surface area (Å²) in [6.07, 6.45) is 0.535. The molecule has 0 radical (unpaired) electrons. The molecule has 118 valence electrons. The highest BCUT2D eigenvalue weighted by atomic mass is 35.5. The lowest BCUT2D eigenvalue weighted by molar-refractivity contribution is -0.0591. The van der Waals surface area contributed by atoms with E-state index in [4.69, 9.17) is 16.4 Å². The number of fused-ring (bicyclic) bond motifs is 1. The predicted molar refractivity (Wildman–Crippen MR) is 80.0 cm³/mol. The summed E-state index contributed by atoms with van der Waals surface area (Å²) >= 11 is 6.10. The number of hydrogen-bond acceptors (Lipinski definition) is 5. The number of amides is 2. The molecule has 1 aromatic heterocycles. The van der Waals surface area contributed by atoms with Gasteiger partial charge in [-0.2, -0.15) is 5.10 Å². The summed E-state index contributed by atoms with van der Waals surface area (Å²) in [5, 5.41) is 4.69. The lowest BCUT2D eigenvalue weighted by Gasteiger charge is -2.12. The molecule has 0 fully saturated rings. The molecule has 0 unspecified atom stereocenters. The largest absolute Gasteiger partial charge is 0.383 e. The fraction of sp³-hybridized carbons (Fsp3) is 0.200. The molecule has 0 aliphatic carbocycles. The maximum Gasteiger partial charge on any atom is 0.383 e. The van der Waals surface area contributed by atoms with Gasteiger partial charge in [-0.1, -0.05) is 35.7 Å². The number of nitrogens with zero attached hydrogens (tertiary/aromatic N) is 3. The van der Waals surface area contributed by atoms with Crippen LogP contribution in [-0.4, -0.2) is 32.6 Å². The summed E-state index contributed by atoms with van der Waals surface area (Å²) in [4.78, 5) is 41.6. The summed E-state index contributed by atoms with van der Waals surface area (Å²) < 4.78 is 1.27. The van der Waals surface area contributed by atoms with Gasteiger partial charge < -0.3 is 4.84 Å². The highest BCUT2D eigenvalue weighted by Gasteiger charge is 2.39. The molecule has 1 aromatic carbocycles. The molecule has 3 rings (SSSR count). The average Bonchev–Trinajstić information content (AvgIpc) is 2.96. The first kappa shape index (κ1) is 15.2. The van der Waals surface area contributed by atoms with Gasteiger partial charge in [-0.25, -0.2) is 4.79 Å². The monoisotopic (exact) mass is 333 g/mol. The maximum absolute atomic E-state index is 12.3. The van der Waals surface area contributed by atoms with Gasteiger partial charge in [0.05, 0.1) is 21.8 Å². The number of halogens is 1. The van der Waals surface area contributed by atoms with E-state index in [-0.39, 0.29) is 21.8 Å². The lowest BCUT2D eigenvalue weighted by atomic mass is 10.1. The number of aromatic nitrogens is 2. The van der Waals surface area contributed by atoms with E-state index in [1.165, 1.54) is 23.9 Å². The van der Waals surface area contributed by atoms with Crippen molar-refractivity contribution in [2.24, 2.45) is 7.05 Å². The predicted octanol–water partition coefficient (Wildman–Crippen LogP) is 2.00. The Bertz CT molecular complexity index is 808. The first-order valence-corrected chi connectivity index (χ1v) is 7.25. The van der Waals surface area contributed by atoms with E-state index in [2.05, 4.69) is 5.10 Å². The molecule has 2 aromatic rings. The number of carbonyl (C=O) groups is 3. The summed E-state index contributed by atoms with van der Waals surface area (Å²) in [5.41, 5.74) is 0.898. The summed E-state index contributed by atoms with van der Waals surface area (Å²) in [6.45, 7) is 1.84. The third kappa shape index (κ3) is 2.29. The van der Waals surface area contributed by atoms with Gasteiger partial charge in [-0.3, -0.25) is 14.3 Å². The molecule has 1 aliphatic rings.